The third-order valence-corrected chi connectivity index (χ3v) is 5.27. The number of aliphatic hydroxyl groups excluding tert-OH is 7. The first-order chi connectivity index (χ1) is 15.2. The van der Waals surface area contributed by atoms with Gasteiger partial charge in [0.15, 0.2) is 12.0 Å². The molecule has 0 amide bonds. The zero-order chi connectivity index (χ0) is 23.6. The first-order valence-electron chi connectivity index (χ1n) is 9.68. The van der Waals surface area contributed by atoms with E-state index in [2.05, 4.69) is 0 Å². The normalized spacial score (nSPS) is 40.1. The van der Waals surface area contributed by atoms with E-state index >= 15 is 0 Å². The Bertz CT molecular complexity index is 777. The van der Waals surface area contributed by atoms with Gasteiger partial charge in [-0.1, -0.05) is 12.1 Å². The Labute approximate surface area is 180 Å². The summed E-state index contributed by atoms with van der Waals surface area (Å²) in [5.41, 5.74) is -0.418. The highest BCUT2D eigenvalue weighted by atomic mass is 16.7. The lowest BCUT2D eigenvalue weighted by molar-refractivity contribution is -0.387. The second-order valence-electron chi connectivity index (χ2n) is 7.35. The minimum absolute atomic E-state index is 0.251. The molecule has 2 saturated heterocycles. The number of aliphatic hydroxyl groups is 7. The molecule has 0 spiro atoms. The summed E-state index contributed by atoms with van der Waals surface area (Å²) in [6.45, 7) is -1.48. The van der Waals surface area contributed by atoms with Crippen molar-refractivity contribution in [1.82, 2.24) is 0 Å². The van der Waals surface area contributed by atoms with Crippen molar-refractivity contribution < 1.29 is 59.6 Å². The van der Waals surface area contributed by atoms with Crippen molar-refractivity contribution in [2.75, 3.05) is 13.2 Å². The van der Waals surface area contributed by atoms with Gasteiger partial charge in [0.1, 0.15) is 48.8 Å². The van der Waals surface area contributed by atoms with Crippen LogP contribution in [-0.2, 0) is 14.2 Å². The monoisotopic (exact) mass is 463 g/mol. The van der Waals surface area contributed by atoms with Gasteiger partial charge >= 0.3 is 5.69 Å². The van der Waals surface area contributed by atoms with Crippen LogP contribution in [-0.4, -0.2) is 115 Å². The van der Waals surface area contributed by atoms with Gasteiger partial charge in [0.05, 0.1) is 18.1 Å². The lowest BCUT2D eigenvalue weighted by Crippen LogP contribution is -2.65. The molecule has 3 rings (SSSR count). The number of para-hydroxylation sites is 2. The van der Waals surface area contributed by atoms with E-state index in [0.717, 1.165) is 6.07 Å². The van der Waals surface area contributed by atoms with E-state index in [-0.39, 0.29) is 5.75 Å². The molecule has 0 saturated carbocycles. The fourth-order valence-electron chi connectivity index (χ4n) is 3.49. The van der Waals surface area contributed by atoms with E-state index in [1.54, 1.807) is 0 Å². The van der Waals surface area contributed by atoms with E-state index in [0.29, 0.717) is 0 Å². The lowest BCUT2D eigenvalue weighted by atomic mass is 9.97. The van der Waals surface area contributed by atoms with Gasteiger partial charge in [-0.15, -0.1) is 0 Å². The summed E-state index contributed by atoms with van der Waals surface area (Å²) in [4.78, 5) is 10.4. The number of hydrogen-bond donors (Lipinski definition) is 7. The molecule has 1 aromatic rings. The molecule has 2 fully saturated rings. The van der Waals surface area contributed by atoms with Crippen molar-refractivity contribution in [3.05, 3.63) is 34.4 Å². The van der Waals surface area contributed by atoms with Gasteiger partial charge in [0.2, 0.25) is 6.29 Å². The summed E-state index contributed by atoms with van der Waals surface area (Å²) in [6, 6.07) is 5.27. The van der Waals surface area contributed by atoms with E-state index < -0.39 is 85.2 Å². The Morgan fingerprint density at radius 2 is 1.44 bits per heavy atom. The summed E-state index contributed by atoms with van der Waals surface area (Å²) in [5, 5.41) is 80.9. The molecule has 14 heteroatoms. The molecule has 2 heterocycles. The second-order valence-corrected chi connectivity index (χ2v) is 7.35. The van der Waals surface area contributed by atoms with Crippen molar-refractivity contribution in [2.45, 2.75) is 61.4 Å². The van der Waals surface area contributed by atoms with Gasteiger partial charge in [-0.3, -0.25) is 10.1 Å². The predicted molar refractivity (Wildman–Crippen MR) is 100 cm³/mol. The number of ether oxygens (including phenoxy) is 4. The van der Waals surface area contributed by atoms with Crippen LogP contribution in [0.5, 0.6) is 5.75 Å². The number of benzene rings is 1. The first-order valence-corrected chi connectivity index (χ1v) is 9.68. The Morgan fingerprint density at radius 1 is 0.844 bits per heavy atom. The molecule has 0 aromatic heterocycles. The molecule has 2 aliphatic rings. The summed E-state index contributed by atoms with van der Waals surface area (Å²) in [6.07, 6.45) is -16.2. The van der Waals surface area contributed by atoms with E-state index in [1.165, 1.54) is 18.2 Å². The Kier molecular flexibility index (Phi) is 7.94. The maximum Gasteiger partial charge on any atom is 0.311 e. The molecule has 0 unspecified atom stereocenters. The SMILES string of the molecule is O=[N+]([O-])c1ccccc1O[C@H]1O[C@@H](CO)[C@H](O[C@@H]2O[C@H](CO)[C@@H](O)[C@H](O)[C@@H]2O)[C@@H](O)[C@@H]1O. The number of nitro benzene ring substituents is 1. The van der Waals surface area contributed by atoms with Crippen molar-refractivity contribution in [2.24, 2.45) is 0 Å². The highest BCUT2D eigenvalue weighted by Gasteiger charge is 2.51. The molecule has 2 aliphatic heterocycles. The second kappa shape index (κ2) is 10.3. The lowest BCUT2D eigenvalue weighted by Gasteiger charge is -2.45. The summed E-state index contributed by atoms with van der Waals surface area (Å²) >= 11 is 0. The Hall–Kier alpha value is -1.98. The first kappa shape index (κ1) is 24.7. The summed E-state index contributed by atoms with van der Waals surface area (Å²) in [7, 11) is 0. The molecule has 1 aromatic carbocycles. The fraction of sp³-hybridized carbons (Fsp3) is 0.667. The van der Waals surface area contributed by atoms with Crippen LogP contribution < -0.4 is 4.74 Å². The van der Waals surface area contributed by atoms with Crippen molar-refractivity contribution in [1.29, 1.82) is 0 Å². The van der Waals surface area contributed by atoms with Crippen LogP contribution in [0.1, 0.15) is 0 Å². The van der Waals surface area contributed by atoms with Crippen LogP contribution in [0.3, 0.4) is 0 Å². The fourth-order valence-corrected chi connectivity index (χ4v) is 3.49. The van der Waals surface area contributed by atoms with Crippen LogP contribution in [0.2, 0.25) is 0 Å². The molecular weight excluding hydrogens is 438 g/mol. The van der Waals surface area contributed by atoms with Gasteiger partial charge in [-0.25, -0.2) is 0 Å². The van der Waals surface area contributed by atoms with Crippen molar-refractivity contribution in [3.63, 3.8) is 0 Å². The third kappa shape index (κ3) is 4.84. The number of nitro groups is 1. The molecule has 14 nitrogen and oxygen atoms in total. The number of hydrogen-bond acceptors (Lipinski definition) is 13. The van der Waals surface area contributed by atoms with Gasteiger partial charge in [-0.2, -0.15) is 0 Å². The molecule has 32 heavy (non-hydrogen) atoms. The van der Waals surface area contributed by atoms with Gasteiger partial charge in [0.25, 0.3) is 0 Å². The predicted octanol–water partition coefficient (Wildman–Crippen LogP) is -3.40. The molecule has 0 bridgehead atoms. The summed E-state index contributed by atoms with van der Waals surface area (Å²) in [5.74, 6) is -0.251. The molecule has 7 N–H and O–H groups in total. The average molecular weight is 463 g/mol. The van der Waals surface area contributed by atoms with Crippen LogP contribution in [0.25, 0.3) is 0 Å². The van der Waals surface area contributed by atoms with E-state index in [1.807, 2.05) is 0 Å². The molecular formula is C18H25NO13. The zero-order valence-electron chi connectivity index (χ0n) is 16.5. The Balaban J connectivity index is 1.75. The zero-order valence-corrected chi connectivity index (χ0v) is 16.5. The van der Waals surface area contributed by atoms with E-state index in [9.17, 15) is 45.9 Å². The topological polar surface area (TPSA) is 222 Å². The minimum atomic E-state index is -1.81. The third-order valence-electron chi connectivity index (χ3n) is 5.27. The average Bonchev–Trinajstić information content (AvgIpc) is 2.78. The van der Waals surface area contributed by atoms with Gasteiger partial charge < -0.3 is 54.7 Å². The van der Waals surface area contributed by atoms with Crippen LogP contribution in [0.15, 0.2) is 24.3 Å². The van der Waals surface area contributed by atoms with Crippen LogP contribution in [0, 0.1) is 10.1 Å². The standard InChI is InChI=1S/C18H25NO13/c20-5-9-11(22)12(23)14(25)18(30-9)32-16-10(6-21)31-17(15(26)13(16)24)29-8-4-2-1-3-7(8)19(27)28/h1-4,9-18,20-26H,5-6H2/t9-,10+,11-,12+,13+,14+,15+,16+,17+,18+/m1/s1. The molecule has 10 atom stereocenters. The highest BCUT2D eigenvalue weighted by molar-refractivity contribution is 5.45. The van der Waals surface area contributed by atoms with E-state index in [4.69, 9.17) is 18.9 Å². The molecule has 0 aliphatic carbocycles. The smallest absolute Gasteiger partial charge is 0.311 e. The minimum Gasteiger partial charge on any atom is -0.455 e. The maximum atomic E-state index is 11.2. The highest BCUT2D eigenvalue weighted by Crippen LogP contribution is 2.33. The van der Waals surface area contributed by atoms with Crippen LogP contribution >= 0.6 is 0 Å². The molecule has 0 radical (unpaired) electrons. The Morgan fingerprint density at radius 3 is 2.06 bits per heavy atom. The van der Waals surface area contributed by atoms with Gasteiger partial charge in [-0.05, 0) is 6.07 Å². The number of rotatable bonds is 7. The maximum absolute atomic E-state index is 11.2. The quantitative estimate of drug-likeness (QED) is 0.155. The number of nitrogens with zero attached hydrogens (tertiary/aromatic N) is 1. The summed E-state index contributed by atoms with van der Waals surface area (Å²) < 4.78 is 21.4. The molecule has 180 valence electrons. The van der Waals surface area contributed by atoms with Crippen molar-refractivity contribution in [3.8, 4) is 5.75 Å². The largest absolute Gasteiger partial charge is 0.455 e. The van der Waals surface area contributed by atoms with Gasteiger partial charge in [0, 0.05) is 6.07 Å². The van der Waals surface area contributed by atoms with Crippen molar-refractivity contribution >= 4 is 5.69 Å². The van der Waals surface area contributed by atoms with Crippen LogP contribution in [0.4, 0.5) is 5.69 Å².